The number of hydrogen-bond acceptors (Lipinski definition) is 8. The van der Waals surface area contributed by atoms with Crippen molar-refractivity contribution in [2.75, 3.05) is 13.2 Å². The molecule has 1 aliphatic rings. The number of amides is 1. The number of nitrogens with one attached hydrogen (secondary N) is 1. The molecule has 6 N–H and O–H groups in total. The molecular weight excluding hydrogens is 368 g/mol. The fraction of sp³-hybridized carbons (Fsp3) is 0.533. The summed E-state index contributed by atoms with van der Waals surface area (Å²) in [6.45, 7) is 1.74. The van der Waals surface area contributed by atoms with Crippen molar-refractivity contribution in [3.05, 3.63) is 29.8 Å². The Bertz CT molecular complexity index is 724. The Balaban J connectivity index is 1.99. The number of aliphatic hydroxyl groups is 3. The fourth-order valence-electron chi connectivity index (χ4n) is 2.48. The molecule has 1 aromatic carbocycles. The van der Waals surface area contributed by atoms with Gasteiger partial charge in [-0.3, -0.25) is 4.79 Å². The average Bonchev–Trinajstić information content (AvgIpc) is 2.60. The van der Waals surface area contributed by atoms with Crippen molar-refractivity contribution in [2.45, 2.75) is 42.5 Å². The third-order valence-corrected chi connectivity index (χ3v) is 4.84. The van der Waals surface area contributed by atoms with Gasteiger partial charge in [0.05, 0.1) is 4.90 Å². The molecule has 10 nitrogen and oxygen atoms in total. The summed E-state index contributed by atoms with van der Waals surface area (Å²) in [5.41, 5.74) is 0.171. The lowest BCUT2D eigenvalue weighted by molar-refractivity contribution is -0.293. The van der Waals surface area contributed by atoms with Crippen LogP contribution in [0.1, 0.15) is 17.3 Å². The number of ether oxygens (including phenoxy) is 2. The standard InChI is InChI=1S/C15H22N2O8S/c1-2-24-15-13(20)12(19)11(18)10(25-15)7-17-14(21)8-3-5-9(6-4-8)26(16,22)23/h3-6,10-13,15,18-20H,2,7H2,1H3,(H,17,21)(H2,16,22,23)/t10-,11-,12+,13+,15-/m1/s1. The molecule has 1 aliphatic heterocycles. The first-order valence-corrected chi connectivity index (χ1v) is 9.42. The molecule has 0 radical (unpaired) electrons. The lowest BCUT2D eigenvalue weighted by Gasteiger charge is -2.40. The Kier molecular flexibility index (Phi) is 6.69. The highest BCUT2D eigenvalue weighted by molar-refractivity contribution is 7.89. The first-order chi connectivity index (χ1) is 12.1. The zero-order valence-electron chi connectivity index (χ0n) is 14.0. The van der Waals surface area contributed by atoms with Crippen LogP contribution in [-0.2, 0) is 19.5 Å². The van der Waals surface area contributed by atoms with E-state index in [0.29, 0.717) is 0 Å². The van der Waals surface area contributed by atoms with Gasteiger partial charge in [0.2, 0.25) is 10.0 Å². The highest BCUT2D eigenvalue weighted by atomic mass is 32.2. The van der Waals surface area contributed by atoms with E-state index in [0.717, 1.165) is 0 Å². The number of nitrogens with two attached hydrogens (primary N) is 1. The van der Waals surface area contributed by atoms with Crippen molar-refractivity contribution in [3.63, 3.8) is 0 Å². The highest BCUT2D eigenvalue weighted by Crippen LogP contribution is 2.22. The van der Waals surface area contributed by atoms with E-state index in [4.69, 9.17) is 14.6 Å². The van der Waals surface area contributed by atoms with E-state index in [2.05, 4.69) is 5.32 Å². The maximum absolute atomic E-state index is 12.1. The van der Waals surface area contributed by atoms with E-state index < -0.39 is 46.6 Å². The molecule has 1 fully saturated rings. The molecule has 146 valence electrons. The lowest BCUT2D eigenvalue weighted by Crippen LogP contribution is -2.60. The first-order valence-electron chi connectivity index (χ1n) is 7.87. The van der Waals surface area contributed by atoms with E-state index >= 15 is 0 Å². The second-order valence-electron chi connectivity index (χ2n) is 5.75. The molecule has 26 heavy (non-hydrogen) atoms. The van der Waals surface area contributed by atoms with Gasteiger partial charge in [0.25, 0.3) is 5.91 Å². The summed E-state index contributed by atoms with van der Waals surface area (Å²) < 4.78 is 32.9. The van der Waals surface area contributed by atoms with Crippen LogP contribution in [0, 0.1) is 0 Å². The van der Waals surface area contributed by atoms with Crippen LogP contribution in [0.4, 0.5) is 0 Å². The predicted octanol–water partition coefficient (Wildman–Crippen LogP) is -2.09. The van der Waals surface area contributed by atoms with Gasteiger partial charge in [0.1, 0.15) is 24.4 Å². The van der Waals surface area contributed by atoms with E-state index in [9.17, 15) is 28.5 Å². The van der Waals surface area contributed by atoms with Crippen LogP contribution in [0.5, 0.6) is 0 Å². The van der Waals surface area contributed by atoms with Crippen LogP contribution in [-0.4, -0.2) is 73.5 Å². The van der Waals surface area contributed by atoms with Gasteiger partial charge < -0.3 is 30.1 Å². The first kappa shape index (κ1) is 20.7. The molecule has 2 rings (SSSR count). The van der Waals surface area contributed by atoms with Gasteiger partial charge >= 0.3 is 0 Å². The largest absolute Gasteiger partial charge is 0.388 e. The Hall–Kier alpha value is -1.60. The Labute approximate surface area is 150 Å². The molecule has 0 aliphatic carbocycles. The highest BCUT2D eigenvalue weighted by Gasteiger charge is 2.44. The van der Waals surface area contributed by atoms with E-state index in [1.807, 2.05) is 0 Å². The molecule has 11 heteroatoms. The third-order valence-electron chi connectivity index (χ3n) is 3.91. The molecular formula is C15H22N2O8S. The normalized spacial score (nSPS) is 29.3. The number of rotatable bonds is 6. The zero-order chi connectivity index (χ0) is 19.5. The van der Waals surface area contributed by atoms with Crippen molar-refractivity contribution >= 4 is 15.9 Å². The maximum Gasteiger partial charge on any atom is 0.251 e. The number of primary sulfonamides is 1. The summed E-state index contributed by atoms with van der Waals surface area (Å²) in [6.07, 6.45) is -6.46. The molecule has 1 aromatic rings. The van der Waals surface area contributed by atoms with Gasteiger partial charge in [-0.25, -0.2) is 13.6 Å². The summed E-state index contributed by atoms with van der Waals surface area (Å²) in [7, 11) is -3.86. The van der Waals surface area contributed by atoms with Crippen LogP contribution in [0.15, 0.2) is 29.2 Å². The molecule has 0 saturated carbocycles. The summed E-state index contributed by atoms with van der Waals surface area (Å²) in [5.74, 6) is -0.546. The van der Waals surface area contributed by atoms with Gasteiger partial charge in [0, 0.05) is 18.7 Å². The predicted molar refractivity (Wildman–Crippen MR) is 88.5 cm³/mol. The Morgan fingerprint density at radius 3 is 2.35 bits per heavy atom. The minimum Gasteiger partial charge on any atom is -0.388 e. The number of benzene rings is 1. The summed E-state index contributed by atoms with van der Waals surface area (Å²) >= 11 is 0. The van der Waals surface area contributed by atoms with Gasteiger partial charge in [-0.05, 0) is 31.2 Å². The van der Waals surface area contributed by atoms with Gasteiger partial charge in [-0.1, -0.05) is 0 Å². The maximum atomic E-state index is 12.1. The van der Waals surface area contributed by atoms with Crippen LogP contribution < -0.4 is 10.5 Å². The fourth-order valence-corrected chi connectivity index (χ4v) is 2.99. The van der Waals surface area contributed by atoms with Crippen molar-refractivity contribution in [3.8, 4) is 0 Å². The van der Waals surface area contributed by atoms with E-state index in [-0.39, 0.29) is 23.6 Å². The Morgan fingerprint density at radius 2 is 1.81 bits per heavy atom. The molecule has 0 unspecified atom stereocenters. The lowest BCUT2D eigenvalue weighted by atomic mass is 9.98. The van der Waals surface area contributed by atoms with Gasteiger partial charge in [0.15, 0.2) is 6.29 Å². The smallest absolute Gasteiger partial charge is 0.251 e. The number of carbonyl (C=O) groups excluding carboxylic acids is 1. The minimum absolute atomic E-state index is 0.128. The van der Waals surface area contributed by atoms with Crippen LogP contribution in [0.2, 0.25) is 0 Å². The van der Waals surface area contributed by atoms with E-state index in [1.54, 1.807) is 6.92 Å². The molecule has 5 atom stereocenters. The molecule has 1 saturated heterocycles. The van der Waals surface area contributed by atoms with Gasteiger partial charge in [-0.2, -0.15) is 0 Å². The van der Waals surface area contributed by atoms with E-state index in [1.165, 1.54) is 24.3 Å². The number of aliphatic hydroxyl groups excluding tert-OH is 3. The number of sulfonamides is 1. The average molecular weight is 390 g/mol. The third kappa shape index (κ3) is 4.76. The molecule has 0 aromatic heterocycles. The monoisotopic (exact) mass is 390 g/mol. The molecule has 0 bridgehead atoms. The van der Waals surface area contributed by atoms with Crippen LogP contribution in [0.3, 0.4) is 0 Å². The van der Waals surface area contributed by atoms with Crippen LogP contribution in [0.25, 0.3) is 0 Å². The molecule has 1 amide bonds. The number of hydrogen-bond donors (Lipinski definition) is 5. The van der Waals surface area contributed by atoms with Crippen molar-refractivity contribution in [1.29, 1.82) is 0 Å². The van der Waals surface area contributed by atoms with Crippen molar-refractivity contribution in [1.82, 2.24) is 5.32 Å². The summed E-state index contributed by atoms with van der Waals surface area (Å²) in [4.78, 5) is 12.0. The topological polar surface area (TPSA) is 168 Å². The SMILES string of the molecule is CCO[C@@H]1O[C@H](CNC(=O)c2ccc(S(N)(=O)=O)cc2)[C@@H](O)[C@H](O)[C@@H]1O. The molecule has 0 spiro atoms. The minimum atomic E-state index is -3.86. The summed E-state index contributed by atoms with van der Waals surface area (Å²) in [6, 6.07) is 4.96. The zero-order valence-corrected chi connectivity index (χ0v) is 14.8. The number of carbonyl (C=O) groups is 1. The Morgan fingerprint density at radius 1 is 1.19 bits per heavy atom. The second kappa shape index (κ2) is 8.39. The van der Waals surface area contributed by atoms with Crippen molar-refractivity contribution < 1.29 is 38.0 Å². The van der Waals surface area contributed by atoms with Crippen molar-refractivity contribution in [2.24, 2.45) is 5.14 Å². The van der Waals surface area contributed by atoms with Crippen LogP contribution >= 0.6 is 0 Å². The molecule has 1 heterocycles. The second-order valence-corrected chi connectivity index (χ2v) is 7.31. The quantitative estimate of drug-likeness (QED) is 0.368. The summed E-state index contributed by atoms with van der Waals surface area (Å²) in [5, 5.41) is 37.1. The van der Waals surface area contributed by atoms with Gasteiger partial charge in [-0.15, -0.1) is 0 Å².